The van der Waals surface area contributed by atoms with E-state index in [4.69, 9.17) is 4.74 Å². The third-order valence-electron chi connectivity index (χ3n) is 3.34. The Morgan fingerprint density at radius 1 is 1.56 bits per heavy atom. The van der Waals surface area contributed by atoms with Gasteiger partial charge in [-0.25, -0.2) is 0 Å². The van der Waals surface area contributed by atoms with Gasteiger partial charge in [0, 0.05) is 17.6 Å². The maximum Gasteiger partial charge on any atom is 0.251 e. The second-order valence-electron chi connectivity index (χ2n) is 4.99. The highest BCUT2D eigenvalue weighted by molar-refractivity contribution is 5.98. The molecule has 1 aliphatic heterocycles. The van der Waals surface area contributed by atoms with Crippen molar-refractivity contribution in [3.63, 3.8) is 0 Å². The van der Waals surface area contributed by atoms with E-state index in [1.807, 2.05) is 25.1 Å². The molecule has 1 unspecified atom stereocenters. The van der Waals surface area contributed by atoms with Crippen LogP contribution in [0.4, 0.5) is 0 Å². The molecular formula is C13H15N3O2. The molecule has 2 heterocycles. The van der Waals surface area contributed by atoms with E-state index in [1.54, 1.807) is 6.20 Å². The number of nitrogens with one attached hydrogen (secondary N) is 2. The molecule has 1 fully saturated rings. The van der Waals surface area contributed by atoms with Crippen LogP contribution in [0.15, 0.2) is 24.4 Å². The lowest BCUT2D eigenvalue weighted by Gasteiger charge is -2.23. The van der Waals surface area contributed by atoms with Crippen LogP contribution < -0.4 is 5.32 Å². The Labute approximate surface area is 105 Å². The van der Waals surface area contributed by atoms with E-state index in [-0.39, 0.29) is 11.4 Å². The quantitative estimate of drug-likeness (QED) is 0.842. The minimum absolute atomic E-state index is 0.0699. The maximum atomic E-state index is 12.2. The fraction of sp³-hybridized carbons (Fsp3) is 0.385. The van der Waals surface area contributed by atoms with Crippen molar-refractivity contribution in [3.8, 4) is 0 Å². The number of aromatic nitrogens is 2. The molecule has 1 aromatic carbocycles. The smallest absolute Gasteiger partial charge is 0.251 e. The number of ether oxygens (including phenoxy) is 1. The molecule has 0 bridgehead atoms. The average molecular weight is 245 g/mol. The van der Waals surface area contributed by atoms with Gasteiger partial charge >= 0.3 is 0 Å². The Morgan fingerprint density at radius 2 is 2.44 bits per heavy atom. The molecule has 3 rings (SSSR count). The molecule has 2 N–H and O–H groups in total. The number of amides is 1. The number of carbonyl (C=O) groups is 1. The Hall–Kier alpha value is -1.88. The summed E-state index contributed by atoms with van der Waals surface area (Å²) in [7, 11) is 0. The van der Waals surface area contributed by atoms with E-state index >= 15 is 0 Å². The molecule has 5 nitrogen and oxygen atoms in total. The second-order valence-corrected chi connectivity index (χ2v) is 4.99. The molecule has 0 aliphatic carbocycles. The Bertz CT molecular complexity index is 585. The van der Waals surface area contributed by atoms with Crippen molar-refractivity contribution in [1.82, 2.24) is 15.5 Å². The van der Waals surface area contributed by atoms with Gasteiger partial charge in [-0.1, -0.05) is 6.07 Å². The second kappa shape index (κ2) is 4.10. The van der Waals surface area contributed by atoms with Gasteiger partial charge in [-0.05, 0) is 25.5 Å². The van der Waals surface area contributed by atoms with Crippen molar-refractivity contribution in [2.75, 3.05) is 13.2 Å². The van der Waals surface area contributed by atoms with Gasteiger partial charge in [0.2, 0.25) is 0 Å². The number of carbonyl (C=O) groups excluding carboxylic acids is 1. The van der Waals surface area contributed by atoms with Crippen molar-refractivity contribution in [2.45, 2.75) is 18.9 Å². The predicted octanol–water partition coefficient (Wildman–Crippen LogP) is 1.47. The lowest BCUT2D eigenvalue weighted by molar-refractivity contribution is 0.0890. The normalized spacial score (nSPS) is 23.4. The summed E-state index contributed by atoms with van der Waals surface area (Å²) in [6, 6.07) is 5.52. The Morgan fingerprint density at radius 3 is 3.22 bits per heavy atom. The highest BCUT2D eigenvalue weighted by atomic mass is 16.5. The number of rotatable bonds is 2. The molecule has 1 aliphatic rings. The first-order chi connectivity index (χ1) is 8.66. The van der Waals surface area contributed by atoms with Gasteiger partial charge in [-0.15, -0.1) is 0 Å². The zero-order valence-corrected chi connectivity index (χ0v) is 10.2. The first-order valence-corrected chi connectivity index (χ1v) is 6.00. The first-order valence-electron chi connectivity index (χ1n) is 6.00. The highest BCUT2D eigenvalue weighted by Gasteiger charge is 2.31. The topological polar surface area (TPSA) is 67.0 Å². The van der Waals surface area contributed by atoms with Crippen LogP contribution in [-0.4, -0.2) is 34.9 Å². The van der Waals surface area contributed by atoms with Crippen molar-refractivity contribution in [1.29, 1.82) is 0 Å². The molecule has 1 amide bonds. The lowest BCUT2D eigenvalue weighted by atomic mass is 10.0. The Kier molecular flexibility index (Phi) is 2.56. The van der Waals surface area contributed by atoms with Crippen molar-refractivity contribution in [2.24, 2.45) is 0 Å². The third kappa shape index (κ3) is 1.97. The number of hydrogen-bond acceptors (Lipinski definition) is 3. The molecule has 0 radical (unpaired) electrons. The van der Waals surface area contributed by atoms with Gasteiger partial charge in [-0.2, -0.15) is 5.10 Å². The van der Waals surface area contributed by atoms with Crippen LogP contribution in [0, 0.1) is 0 Å². The molecule has 94 valence electrons. The summed E-state index contributed by atoms with van der Waals surface area (Å²) in [6.07, 6.45) is 2.59. The largest absolute Gasteiger partial charge is 0.379 e. The molecule has 1 aromatic heterocycles. The fourth-order valence-corrected chi connectivity index (χ4v) is 2.19. The monoisotopic (exact) mass is 245 g/mol. The SMILES string of the molecule is CC1(NC(=O)c2ccc3cn[nH]c3c2)CCOC1. The average Bonchev–Trinajstić information content (AvgIpc) is 2.96. The molecular weight excluding hydrogens is 230 g/mol. The van der Waals surface area contributed by atoms with E-state index in [9.17, 15) is 4.79 Å². The molecule has 18 heavy (non-hydrogen) atoms. The van der Waals surface area contributed by atoms with Crippen molar-refractivity contribution >= 4 is 16.8 Å². The van der Waals surface area contributed by atoms with E-state index in [1.165, 1.54) is 0 Å². The van der Waals surface area contributed by atoms with Crippen LogP contribution in [0.2, 0.25) is 0 Å². The van der Waals surface area contributed by atoms with E-state index in [2.05, 4.69) is 15.5 Å². The maximum absolute atomic E-state index is 12.2. The van der Waals surface area contributed by atoms with Crippen LogP contribution in [-0.2, 0) is 4.74 Å². The summed E-state index contributed by atoms with van der Waals surface area (Å²) in [5, 5.41) is 10.8. The summed E-state index contributed by atoms with van der Waals surface area (Å²) in [6.45, 7) is 3.29. The van der Waals surface area contributed by atoms with Crippen LogP contribution >= 0.6 is 0 Å². The molecule has 1 saturated heterocycles. The zero-order valence-electron chi connectivity index (χ0n) is 10.2. The summed E-state index contributed by atoms with van der Waals surface area (Å²) in [4.78, 5) is 12.2. The summed E-state index contributed by atoms with van der Waals surface area (Å²) < 4.78 is 5.32. The summed E-state index contributed by atoms with van der Waals surface area (Å²) >= 11 is 0. The van der Waals surface area contributed by atoms with Crippen LogP contribution in [0.5, 0.6) is 0 Å². The highest BCUT2D eigenvalue weighted by Crippen LogP contribution is 2.19. The molecule has 1 atom stereocenters. The molecule has 2 aromatic rings. The minimum atomic E-state index is -0.250. The predicted molar refractivity (Wildman–Crippen MR) is 67.4 cm³/mol. The van der Waals surface area contributed by atoms with Crippen LogP contribution in [0.1, 0.15) is 23.7 Å². The molecule has 5 heteroatoms. The van der Waals surface area contributed by atoms with Gasteiger partial charge in [0.05, 0.1) is 23.9 Å². The number of benzene rings is 1. The number of nitrogens with zero attached hydrogens (tertiary/aromatic N) is 1. The first kappa shape index (κ1) is 11.2. The number of aromatic amines is 1. The summed E-state index contributed by atoms with van der Waals surface area (Å²) in [5.74, 6) is -0.0699. The van der Waals surface area contributed by atoms with Gasteiger partial charge in [0.1, 0.15) is 0 Å². The van der Waals surface area contributed by atoms with Crippen LogP contribution in [0.25, 0.3) is 10.9 Å². The van der Waals surface area contributed by atoms with E-state index in [0.29, 0.717) is 18.8 Å². The van der Waals surface area contributed by atoms with Gasteiger partial charge in [0.15, 0.2) is 0 Å². The van der Waals surface area contributed by atoms with Crippen molar-refractivity contribution in [3.05, 3.63) is 30.0 Å². The Balaban J connectivity index is 1.82. The molecule has 0 saturated carbocycles. The summed E-state index contributed by atoms with van der Waals surface area (Å²) in [5.41, 5.74) is 1.26. The zero-order chi connectivity index (χ0) is 12.6. The minimum Gasteiger partial charge on any atom is -0.379 e. The fourth-order valence-electron chi connectivity index (χ4n) is 2.19. The van der Waals surface area contributed by atoms with Gasteiger partial charge in [0.25, 0.3) is 5.91 Å². The van der Waals surface area contributed by atoms with Gasteiger partial charge in [-0.3, -0.25) is 9.89 Å². The molecule has 0 spiro atoms. The lowest BCUT2D eigenvalue weighted by Crippen LogP contribution is -2.46. The number of fused-ring (bicyclic) bond motifs is 1. The number of hydrogen-bond donors (Lipinski definition) is 2. The standard InChI is InChI=1S/C13H15N3O2/c1-13(4-5-18-8-13)15-12(17)9-2-3-10-7-14-16-11(10)6-9/h2-3,6-7H,4-5,8H2,1H3,(H,14,16)(H,15,17). The van der Waals surface area contributed by atoms with E-state index < -0.39 is 0 Å². The van der Waals surface area contributed by atoms with Crippen LogP contribution in [0.3, 0.4) is 0 Å². The van der Waals surface area contributed by atoms with Gasteiger partial charge < -0.3 is 10.1 Å². The van der Waals surface area contributed by atoms with E-state index in [0.717, 1.165) is 17.3 Å². The third-order valence-corrected chi connectivity index (χ3v) is 3.34. The number of H-pyrrole nitrogens is 1. The van der Waals surface area contributed by atoms with Crippen molar-refractivity contribution < 1.29 is 9.53 Å².